The molecule has 0 bridgehead atoms. The molecule has 1 aromatic rings. The summed E-state index contributed by atoms with van der Waals surface area (Å²) in [5, 5.41) is 0.837. The van der Waals surface area contributed by atoms with Crippen LogP contribution in [0, 0.1) is 0 Å². The van der Waals surface area contributed by atoms with Gasteiger partial charge in [0.15, 0.2) is 0 Å². The van der Waals surface area contributed by atoms with Crippen LogP contribution in [0.1, 0.15) is 17.5 Å². The van der Waals surface area contributed by atoms with E-state index in [2.05, 4.69) is 12.1 Å². The van der Waals surface area contributed by atoms with Gasteiger partial charge in [-0.3, -0.25) is 0 Å². The lowest BCUT2D eigenvalue weighted by molar-refractivity contribution is 0.576. The maximum Gasteiger partial charge on any atom is 0.0408 e. The van der Waals surface area contributed by atoms with Gasteiger partial charge < -0.3 is 5.73 Å². The molecule has 0 spiro atoms. The first-order valence-electron chi connectivity index (χ1n) is 4.28. The molecule has 0 radical (unpaired) electrons. The highest BCUT2D eigenvalue weighted by atomic mass is 35.5. The largest absolute Gasteiger partial charge is 0.327 e. The minimum absolute atomic E-state index is 0.346. The van der Waals surface area contributed by atoms with Crippen molar-refractivity contribution in [3.05, 3.63) is 34.3 Å². The van der Waals surface area contributed by atoms with Crippen molar-refractivity contribution in [1.29, 1.82) is 0 Å². The summed E-state index contributed by atoms with van der Waals surface area (Å²) in [7, 11) is 0. The lowest BCUT2D eigenvalue weighted by Crippen LogP contribution is -2.27. The standard InChI is InChI=1S/C10H12ClN/c11-9-3-1-8-6-10(12)4-2-7(8)5-9/h1,3,5,10H,2,4,6,12H2/t10-/m0/s1. The van der Waals surface area contributed by atoms with Gasteiger partial charge in [0, 0.05) is 11.1 Å². The third-order valence-corrected chi connectivity index (χ3v) is 2.67. The van der Waals surface area contributed by atoms with Crippen molar-refractivity contribution in [2.45, 2.75) is 25.3 Å². The van der Waals surface area contributed by atoms with Crippen LogP contribution in [0.2, 0.25) is 5.02 Å². The topological polar surface area (TPSA) is 26.0 Å². The Kier molecular flexibility index (Phi) is 2.07. The molecule has 0 fully saturated rings. The summed E-state index contributed by atoms with van der Waals surface area (Å²) in [6.45, 7) is 0. The molecule has 1 aliphatic carbocycles. The number of nitrogens with two attached hydrogens (primary N) is 1. The predicted molar refractivity (Wildman–Crippen MR) is 51.5 cm³/mol. The van der Waals surface area contributed by atoms with Crippen LogP contribution in [-0.2, 0) is 12.8 Å². The summed E-state index contributed by atoms with van der Waals surface area (Å²) >= 11 is 5.88. The fourth-order valence-electron chi connectivity index (χ4n) is 1.75. The Morgan fingerprint density at radius 1 is 1.33 bits per heavy atom. The van der Waals surface area contributed by atoms with Crippen molar-refractivity contribution in [3.63, 3.8) is 0 Å². The molecule has 0 aromatic heterocycles. The second kappa shape index (κ2) is 3.08. The minimum atomic E-state index is 0.346. The van der Waals surface area contributed by atoms with Gasteiger partial charge in [-0.25, -0.2) is 0 Å². The van der Waals surface area contributed by atoms with E-state index in [4.69, 9.17) is 17.3 Å². The Morgan fingerprint density at radius 3 is 3.00 bits per heavy atom. The molecule has 0 heterocycles. The monoisotopic (exact) mass is 181 g/mol. The Balaban J connectivity index is 2.37. The maximum absolute atomic E-state index is 5.88. The summed E-state index contributed by atoms with van der Waals surface area (Å²) in [6, 6.07) is 6.44. The number of rotatable bonds is 0. The summed E-state index contributed by atoms with van der Waals surface area (Å²) in [6.07, 6.45) is 3.18. The average Bonchev–Trinajstić information content (AvgIpc) is 2.05. The van der Waals surface area contributed by atoms with Gasteiger partial charge in [-0.15, -0.1) is 0 Å². The van der Waals surface area contributed by atoms with Gasteiger partial charge in [0.25, 0.3) is 0 Å². The van der Waals surface area contributed by atoms with E-state index in [0.29, 0.717) is 6.04 Å². The van der Waals surface area contributed by atoms with E-state index in [-0.39, 0.29) is 0 Å². The van der Waals surface area contributed by atoms with Crippen molar-refractivity contribution in [3.8, 4) is 0 Å². The molecular weight excluding hydrogens is 170 g/mol. The van der Waals surface area contributed by atoms with Crippen molar-refractivity contribution in [1.82, 2.24) is 0 Å². The first kappa shape index (κ1) is 8.09. The number of aryl methyl sites for hydroxylation is 1. The van der Waals surface area contributed by atoms with Crippen LogP contribution < -0.4 is 5.73 Å². The van der Waals surface area contributed by atoms with E-state index in [1.807, 2.05) is 6.07 Å². The average molecular weight is 182 g/mol. The Hall–Kier alpha value is -0.530. The summed E-state index contributed by atoms with van der Waals surface area (Å²) in [4.78, 5) is 0. The highest BCUT2D eigenvalue weighted by Crippen LogP contribution is 2.23. The quantitative estimate of drug-likeness (QED) is 0.652. The molecule has 1 atom stereocenters. The molecule has 1 aromatic carbocycles. The molecule has 0 unspecified atom stereocenters. The van der Waals surface area contributed by atoms with E-state index in [1.165, 1.54) is 11.1 Å². The van der Waals surface area contributed by atoms with Crippen molar-refractivity contribution >= 4 is 11.6 Å². The molecule has 1 aliphatic rings. The Labute approximate surface area is 77.5 Å². The van der Waals surface area contributed by atoms with Gasteiger partial charge in [-0.2, -0.15) is 0 Å². The van der Waals surface area contributed by atoms with Gasteiger partial charge in [0.1, 0.15) is 0 Å². The first-order chi connectivity index (χ1) is 5.75. The molecule has 0 saturated carbocycles. The molecule has 12 heavy (non-hydrogen) atoms. The summed E-state index contributed by atoms with van der Waals surface area (Å²) in [5.41, 5.74) is 8.61. The number of hydrogen-bond acceptors (Lipinski definition) is 1. The second-order valence-electron chi connectivity index (χ2n) is 3.42. The minimum Gasteiger partial charge on any atom is -0.327 e. The molecule has 2 heteroatoms. The summed E-state index contributed by atoms with van der Waals surface area (Å²) in [5.74, 6) is 0. The van der Waals surface area contributed by atoms with E-state index in [1.54, 1.807) is 0 Å². The molecule has 0 amide bonds. The zero-order valence-electron chi connectivity index (χ0n) is 6.89. The number of benzene rings is 1. The van der Waals surface area contributed by atoms with E-state index in [9.17, 15) is 0 Å². The number of halogens is 1. The van der Waals surface area contributed by atoms with E-state index >= 15 is 0 Å². The van der Waals surface area contributed by atoms with Gasteiger partial charge in [-0.1, -0.05) is 17.7 Å². The van der Waals surface area contributed by atoms with Crippen LogP contribution in [-0.4, -0.2) is 6.04 Å². The van der Waals surface area contributed by atoms with Gasteiger partial charge in [0.05, 0.1) is 0 Å². The number of hydrogen-bond donors (Lipinski definition) is 1. The van der Waals surface area contributed by atoms with Crippen molar-refractivity contribution in [2.75, 3.05) is 0 Å². The van der Waals surface area contributed by atoms with Crippen LogP contribution in [0.25, 0.3) is 0 Å². The highest BCUT2D eigenvalue weighted by Gasteiger charge is 2.14. The first-order valence-corrected chi connectivity index (χ1v) is 4.66. The van der Waals surface area contributed by atoms with Crippen LogP contribution in [0.15, 0.2) is 18.2 Å². The fraction of sp³-hybridized carbons (Fsp3) is 0.400. The molecule has 0 saturated heterocycles. The van der Waals surface area contributed by atoms with Crippen molar-refractivity contribution in [2.24, 2.45) is 5.73 Å². The zero-order chi connectivity index (χ0) is 8.55. The van der Waals surface area contributed by atoms with E-state index in [0.717, 1.165) is 24.3 Å². The SMILES string of the molecule is N[C@H]1CCc2cc(Cl)ccc2C1. The fourth-order valence-corrected chi connectivity index (χ4v) is 1.95. The normalized spacial score (nSPS) is 22.0. The number of fused-ring (bicyclic) bond motifs is 1. The Bertz CT molecular complexity index is 296. The smallest absolute Gasteiger partial charge is 0.0408 e. The molecule has 1 nitrogen and oxygen atoms in total. The van der Waals surface area contributed by atoms with Crippen molar-refractivity contribution < 1.29 is 0 Å². The van der Waals surface area contributed by atoms with Gasteiger partial charge in [0.2, 0.25) is 0 Å². The Morgan fingerprint density at radius 2 is 2.17 bits per heavy atom. The van der Waals surface area contributed by atoms with E-state index < -0.39 is 0 Å². The molecule has 0 aliphatic heterocycles. The van der Waals surface area contributed by atoms with Crippen LogP contribution in [0.5, 0.6) is 0 Å². The van der Waals surface area contributed by atoms with Gasteiger partial charge >= 0.3 is 0 Å². The third kappa shape index (κ3) is 1.47. The lowest BCUT2D eigenvalue weighted by Gasteiger charge is -2.21. The molecule has 64 valence electrons. The van der Waals surface area contributed by atoms with Crippen LogP contribution in [0.4, 0.5) is 0 Å². The second-order valence-corrected chi connectivity index (χ2v) is 3.85. The maximum atomic E-state index is 5.88. The lowest BCUT2D eigenvalue weighted by atomic mass is 9.89. The molecule has 2 rings (SSSR count). The summed E-state index contributed by atoms with van der Waals surface area (Å²) < 4.78 is 0. The zero-order valence-corrected chi connectivity index (χ0v) is 7.64. The highest BCUT2D eigenvalue weighted by molar-refractivity contribution is 6.30. The van der Waals surface area contributed by atoms with Crippen LogP contribution in [0.3, 0.4) is 0 Å². The molecular formula is C10H12ClN. The molecule has 2 N–H and O–H groups in total. The predicted octanol–water partition coefficient (Wildman–Crippen LogP) is 2.16. The van der Waals surface area contributed by atoms with Gasteiger partial charge in [-0.05, 0) is 42.5 Å². The third-order valence-electron chi connectivity index (χ3n) is 2.43. The van der Waals surface area contributed by atoms with Crippen LogP contribution >= 0.6 is 11.6 Å².